The summed E-state index contributed by atoms with van der Waals surface area (Å²) in [5, 5.41) is 2.79. The maximum absolute atomic E-state index is 12.2. The maximum atomic E-state index is 12.2. The molecule has 2 rings (SSSR count). The molecule has 6 heteroatoms. The molecule has 0 fully saturated rings. The smallest absolute Gasteiger partial charge is 0.248 e. The molecule has 0 aliphatic carbocycles. The van der Waals surface area contributed by atoms with Gasteiger partial charge in [0, 0.05) is 23.9 Å². The summed E-state index contributed by atoms with van der Waals surface area (Å²) >= 11 is 0. The lowest BCUT2D eigenvalue weighted by molar-refractivity contribution is -0.111. The Morgan fingerprint density at radius 2 is 1.63 bits per heavy atom. The highest BCUT2D eigenvalue weighted by atomic mass is 16.5. The molecule has 0 bridgehead atoms. The summed E-state index contributed by atoms with van der Waals surface area (Å²) in [5.74, 6) is 1.96. The van der Waals surface area contributed by atoms with Crippen molar-refractivity contribution < 1.29 is 23.7 Å². The second kappa shape index (κ2) is 10.1. The highest BCUT2D eigenvalue weighted by Gasteiger charge is 2.13. The number of carbonyl (C=O) groups excluding carboxylic acids is 1. The molecule has 0 aromatic heterocycles. The fraction of sp³-hybridized carbons (Fsp3) is 0.286. The molecule has 1 N–H and O–H groups in total. The topological polar surface area (TPSA) is 66.0 Å². The molecule has 2 aromatic rings. The second-order valence-corrected chi connectivity index (χ2v) is 5.65. The highest BCUT2D eigenvalue weighted by Crippen LogP contribution is 2.39. The van der Waals surface area contributed by atoms with Crippen LogP contribution in [0.5, 0.6) is 23.0 Å². The molecule has 0 spiro atoms. The van der Waals surface area contributed by atoms with Crippen molar-refractivity contribution in [1.29, 1.82) is 0 Å². The molecule has 1 amide bonds. The van der Waals surface area contributed by atoms with Gasteiger partial charge in [0.1, 0.15) is 5.75 Å². The molecule has 0 aliphatic rings. The van der Waals surface area contributed by atoms with E-state index >= 15 is 0 Å². The van der Waals surface area contributed by atoms with E-state index in [1.807, 2.05) is 24.3 Å². The number of nitrogens with one attached hydrogen (secondary N) is 1. The fourth-order valence-corrected chi connectivity index (χ4v) is 2.40. The van der Waals surface area contributed by atoms with Crippen molar-refractivity contribution in [3.63, 3.8) is 0 Å². The summed E-state index contributed by atoms with van der Waals surface area (Å²) in [5.41, 5.74) is 1.45. The molecule has 0 saturated carbocycles. The van der Waals surface area contributed by atoms with Crippen molar-refractivity contribution in [1.82, 2.24) is 0 Å². The first-order valence-corrected chi connectivity index (χ1v) is 8.63. The van der Waals surface area contributed by atoms with E-state index in [0.29, 0.717) is 29.5 Å². The van der Waals surface area contributed by atoms with Gasteiger partial charge in [-0.25, -0.2) is 0 Å². The predicted octanol–water partition coefficient (Wildman–Crippen LogP) is 4.15. The SMILES string of the molecule is CCCOc1ccc(/C=C/C(=O)Nc2cc(OC)c(OC)c(OC)c2)cc1. The lowest BCUT2D eigenvalue weighted by Crippen LogP contribution is -2.08. The van der Waals surface area contributed by atoms with Gasteiger partial charge in [0.2, 0.25) is 11.7 Å². The number of ether oxygens (including phenoxy) is 4. The first-order valence-electron chi connectivity index (χ1n) is 8.63. The van der Waals surface area contributed by atoms with Crippen molar-refractivity contribution in [3.8, 4) is 23.0 Å². The van der Waals surface area contributed by atoms with Crippen molar-refractivity contribution in [3.05, 3.63) is 48.0 Å². The van der Waals surface area contributed by atoms with Crippen LogP contribution < -0.4 is 24.3 Å². The van der Waals surface area contributed by atoms with Crippen LogP contribution >= 0.6 is 0 Å². The molecular weight excluding hydrogens is 346 g/mol. The van der Waals surface area contributed by atoms with Crippen molar-refractivity contribution in [2.45, 2.75) is 13.3 Å². The Hall–Kier alpha value is -3.15. The number of benzene rings is 2. The van der Waals surface area contributed by atoms with Gasteiger partial charge in [-0.2, -0.15) is 0 Å². The molecule has 0 unspecified atom stereocenters. The fourth-order valence-electron chi connectivity index (χ4n) is 2.40. The lowest BCUT2D eigenvalue weighted by Gasteiger charge is -2.14. The average molecular weight is 371 g/mol. The summed E-state index contributed by atoms with van der Waals surface area (Å²) in [6.07, 6.45) is 4.16. The zero-order valence-electron chi connectivity index (χ0n) is 16.1. The Bertz CT molecular complexity index is 759. The molecule has 0 heterocycles. The normalized spacial score (nSPS) is 10.5. The molecule has 144 valence electrons. The predicted molar refractivity (Wildman–Crippen MR) is 106 cm³/mol. The third-order valence-electron chi connectivity index (χ3n) is 3.71. The van der Waals surface area contributed by atoms with Gasteiger partial charge in [0.25, 0.3) is 0 Å². The minimum atomic E-state index is -0.268. The van der Waals surface area contributed by atoms with Crippen LogP contribution in [0, 0.1) is 0 Å². The molecule has 2 aromatic carbocycles. The van der Waals surface area contributed by atoms with Gasteiger partial charge in [0.15, 0.2) is 11.5 Å². The van der Waals surface area contributed by atoms with E-state index < -0.39 is 0 Å². The molecular formula is C21H25NO5. The Morgan fingerprint density at radius 3 is 2.15 bits per heavy atom. The summed E-state index contributed by atoms with van der Waals surface area (Å²) in [6, 6.07) is 10.9. The number of carbonyl (C=O) groups is 1. The molecule has 0 radical (unpaired) electrons. The second-order valence-electron chi connectivity index (χ2n) is 5.65. The van der Waals surface area contributed by atoms with Crippen LogP contribution in [-0.4, -0.2) is 33.8 Å². The number of rotatable bonds is 9. The summed E-state index contributed by atoms with van der Waals surface area (Å²) in [6.45, 7) is 2.75. The first kappa shape index (κ1) is 20.2. The van der Waals surface area contributed by atoms with Crippen LogP contribution in [0.1, 0.15) is 18.9 Å². The van der Waals surface area contributed by atoms with E-state index in [-0.39, 0.29) is 5.91 Å². The van der Waals surface area contributed by atoms with Crippen LogP contribution in [0.25, 0.3) is 6.08 Å². The summed E-state index contributed by atoms with van der Waals surface area (Å²) in [4.78, 5) is 12.2. The monoisotopic (exact) mass is 371 g/mol. The zero-order valence-corrected chi connectivity index (χ0v) is 16.1. The van der Waals surface area contributed by atoms with Crippen LogP contribution in [0.2, 0.25) is 0 Å². The molecule has 27 heavy (non-hydrogen) atoms. The Kier molecular flexibility index (Phi) is 7.55. The third-order valence-corrected chi connectivity index (χ3v) is 3.71. The van der Waals surface area contributed by atoms with E-state index in [1.54, 1.807) is 18.2 Å². The number of hydrogen-bond acceptors (Lipinski definition) is 5. The minimum Gasteiger partial charge on any atom is -0.494 e. The van der Waals surface area contributed by atoms with Crippen molar-refractivity contribution in [2.24, 2.45) is 0 Å². The Morgan fingerprint density at radius 1 is 1.00 bits per heavy atom. The van der Waals surface area contributed by atoms with Crippen molar-refractivity contribution in [2.75, 3.05) is 33.3 Å². The van der Waals surface area contributed by atoms with Gasteiger partial charge in [-0.3, -0.25) is 4.79 Å². The first-order chi connectivity index (χ1) is 13.1. The quantitative estimate of drug-likeness (QED) is 0.671. The van der Waals surface area contributed by atoms with Crippen LogP contribution in [0.4, 0.5) is 5.69 Å². The standard InChI is InChI=1S/C21H25NO5/c1-5-12-27-17-9-6-15(7-10-17)8-11-20(23)22-16-13-18(24-2)21(26-4)19(14-16)25-3/h6-11,13-14H,5,12H2,1-4H3,(H,22,23)/b11-8+. The highest BCUT2D eigenvalue weighted by molar-refractivity contribution is 6.02. The number of hydrogen-bond donors (Lipinski definition) is 1. The Balaban J connectivity index is 2.05. The number of anilines is 1. The van der Waals surface area contributed by atoms with Gasteiger partial charge in [-0.1, -0.05) is 19.1 Å². The lowest BCUT2D eigenvalue weighted by atomic mass is 10.2. The van der Waals surface area contributed by atoms with E-state index in [0.717, 1.165) is 17.7 Å². The minimum absolute atomic E-state index is 0.268. The molecule has 0 atom stereocenters. The largest absolute Gasteiger partial charge is 0.494 e. The van der Waals surface area contributed by atoms with Gasteiger partial charge in [0.05, 0.1) is 27.9 Å². The van der Waals surface area contributed by atoms with Crippen LogP contribution in [-0.2, 0) is 4.79 Å². The zero-order chi connectivity index (χ0) is 19.6. The number of methoxy groups -OCH3 is 3. The van der Waals surface area contributed by atoms with Crippen molar-refractivity contribution >= 4 is 17.7 Å². The average Bonchev–Trinajstić information content (AvgIpc) is 2.70. The van der Waals surface area contributed by atoms with E-state index in [9.17, 15) is 4.79 Å². The van der Waals surface area contributed by atoms with Gasteiger partial charge >= 0.3 is 0 Å². The third kappa shape index (κ3) is 5.67. The van der Waals surface area contributed by atoms with Gasteiger partial charge < -0.3 is 24.3 Å². The van der Waals surface area contributed by atoms with Gasteiger partial charge in [-0.05, 0) is 30.2 Å². The van der Waals surface area contributed by atoms with E-state index in [1.165, 1.54) is 27.4 Å². The number of amides is 1. The maximum Gasteiger partial charge on any atom is 0.248 e. The Labute approximate surface area is 159 Å². The molecule has 0 aliphatic heterocycles. The summed E-state index contributed by atoms with van der Waals surface area (Å²) in [7, 11) is 4.58. The van der Waals surface area contributed by atoms with Crippen LogP contribution in [0.15, 0.2) is 42.5 Å². The molecule has 0 saturated heterocycles. The van der Waals surface area contributed by atoms with Crippen LogP contribution in [0.3, 0.4) is 0 Å². The molecule has 6 nitrogen and oxygen atoms in total. The van der Waals surface area contributed by atoms with E-state index in [2.05, 4.69) is 12.2 Å². The van der Waals surface area contributed by atoms with Gasteiger partial charge in [-0.15, -0.1) is 0 Å². The van der Waals surface area contributed by atoms with E-state index in [4.69, 9.17) is 18.9 Å². The summed E-state index contributed by atoms with van der Waals surface area (Å²) < 4.78 is 21.4.